The first-order valence-corrected chi connectivity index (χ1v) is 12.8. The molecule has 0 saturated carbocycles. The van der Waals surface area contributed by atoms with Crippen LogP contribution in [0.4, 0.5) is 17.1 Å². The van der Waals surface area contributed by atoms with Crippen LogP contribution < -0.4 is 15.5 Å². The van der Waals surface area contributed by atoms with E-state index in [1.54, 1.807) is 6.07 Å². The highest BCUT2D eigenvalue weighted by Gasteiger charge is 2.23. The second-order valence-electron chi connectivity index (χ2n) is 9.39. The fourth-order valence-corrected chi connectivity index (χ4v) is 4.92. The first-order valence-electron chi connectivity index (χ1n) is 12.4. The standard InChI is InChI=1S/C28H27N5O5S/c1-16-13-17(2)25-23(14-16)29-27(38-25)20-5-4-6-22(18(20)3)30-28(39)31-26(34)21-15-19(33(35)36)7-8-24(21)32-9-11-37-12-10-32/h4-8,13-15H,9-12H2,1-3H3,(H2,30,31,34,39). The number of anilines is 2. The molecule has 200 valence electrons. The number of ether oxygens (including phenoxy) is 1. The molecule has 1 aromatic heterocycles. The molecule has 1 amide bonds. The molecular formula is C28H27N5O5S. The maximum atomic E-state index is 13.3. The predicted octanol–water partition coefficient (Wildman–Crippen LogP) is 5.29. The molecular weight excluding hydrogens is 518 g/mol. The minimum Gasteiger partial charge on any atom is -0.436 e. The molecule has 1 aliphatic heterocycles. The SMILES string of the molecule is Cc1cc(C)c2oc(-c3cccc(NC(=S)NC(=O)c4cc([N+](=O)[O-])ccc4N4CCOCC4)c3C)nc2c1. The second kappa shape index (κ2) is 10.8. The largest absolute Gasteiger partial charge is 0.436 e. The van der Waals surface area contributed by atoms with Crippen LogP contribution in [0.3, 0.4) is 0 Å². The average Bonchev–Trinajstić information content (AvgIpc) is 3.34. The molecule has 0 unspecified atom stereocenters. The Hall–Kier alpha value is -4.35. The lowest BCUT2D eigenvalue weighted by Crippen LogP contribution is -2.39. The lowest BCUT2D eigenvalue weighted by atomic mass is 10.1. The molecule has 11 heteroatoms. The number of aryl methyl sites for hydroxylation is 2. The zero-order valence-corrected chi connectivity index (χ0v) is 22.6. The van der Waals surface area contributed by atoms with E-state index in [-0.39, 0.29) is 16.4 Å². The summed E-state index contributed by atoms with van der Waals surface area (Å²) in [6.45, 7) is 8.07. The van der Waals surface area contributed by atoms with E-state index in [4.69, 9.17) is 21.4 Å². The molecule has 2 N–H and O–H groups in total. The van der Waals surface area contributed by atoms with E-state index in [1.165, 1.54) is 12.1 Å². The van der Waals surface area contributed by atoms with Crippen molar-refractivity contribution < 1.29 is 18.9 Å². The van der Waals surface area contributed by atoms with E-state index in [2.05, 4.69) is 21.7 Å². The van der Waals surface area contributed by atoms with Gasteiger partial charge in [-0.25, -0.2) is 4.98 Å². The van der Waals surface area contributed by atoms with Gasteiger partial charge in [0.1, 0.15) is 5.52 Å². The number of aromatic nitrogens is 1. The maximum absolute atomic E-state index is 13.3. The summed E-state index contributed by atoms with van der Waals surface area (Å²) in [4.78, 5) is 30.8. The number of benzene rings is 3. The summed E-state index contributed by atoms with van der Waals surface area (Å²) in [7, 11) is 0. The number of rotatable bonds is 5. The number of nitrogens with one attached hydrogen (secondary N) is 2. The van der Waals surface area contributed by atoms with Gasteiger partial charge in [-0.2, -0.15) is 0 Å². The number of carbonyl (C=O) groups excluding carboxylic acids is 1. The number of nitrogens with zero attached hydrogens (tertiary/aromatic N) is 3. The monoisotopic (exact) mass is 545 g/mol. The van der Waals surface area contributed by atoms with Crippen LogP contribution in [0, 0.1) is 30.9 Å². The number of nitro groups is 1. The zero-order valence-electron chi connectivity index (χ0n) is 21.7. The van der Waals surface area contributed by atoms with Crippen LogP contribution in [0.25, 0.3) is 22.6 Å². The van der Waals surface area contributed by atoms with Gasteiger partial charge in [-0.3, -0.25) is 20.2 Å². The lowest BCUT2D eigenvalue weighted by molar-refractivity contribution is -0.384. The number of non-ortho nitro benzene ring substituents is 1. The van der Waals surface area contributed by atoms with E-state index >= 15 is 0 Å². The number of morpholine rings is 1. The highest BCUT2D eigenvalue weighted by Crippen LogP contribution is 2.32. The lowest BCUT2D eigenvalue weighted by Gasteiger charge is -2.30. The van der Waals surface area contributed by atoms with E-state index in [0.717, 1.165) is 33.4 Å². The van der Waals surface area contributed by atoms with Crippen molar-refractivity contribution in [2.45, 2.75) is 20.8 Å². The fraction of sp³-hybridized carbons (Fsp3) is 0.250. The molecule has 1 saturated heterocycles. The van der Waals surface area contributed by atoms with Gasteiger partial charge in [-0.05, 0) is 73.9 Å². The summed E-state index contributed by atoms with van der Waals surface area (Å²) in [5.74, 6) is -0.0575. The Balaban J connectivity index is 1.38. The Morgan fingerprint density at radius 2 is 1.87 bits per heavy atom. The number of nitro benzene ring substituents is 1. The molecule has 39 heavy (non-hydrogen) atoms. The summed E-state index contributed by atoms with van der Waals surface area (Å²) in [6.07, 6.45) is 0. The number of oxazole rings is 1. The van der Waals surface area contributed by atoms with Gasteiger partial charge in [0, 0.05) is 36.5 Å². The minimum absolute atomic E-state index is 0.0590. The van der Waals surface area contributed by atoms with E-state index in [0.29, 0.717) is 43.6 Å². The summed E-state index contributed by atoms with van der Waals surface area (Å²) in [5.41, 5.74) is 6.51. The Bertz CT molecular complexity index is 1610. The minimum atomic E-state index is -0.545. The molecule has 10 nitrogen and oxygen atoms in total. The van der Waals surface area contributed by atoms with Gasteiger partial charge >= 0.3 is 0 Å². The molecule has 0 bridgehead atoms. The fourth-order valence-electron chi connectivity index (χ4n) is 4.72. The van der Waals surface area contributed by atoms with Crippen molar-refractivity contribution in [3.05, 3.63) is 80.9 Å². The number of thiocarbonyl (C=S) groups is 1. The molecule has 0 spiro atoms. The third kappa shape index (κ3) is 5.45. The van der Waals surface area contributed by atoms with E-state index < -0.39 is 10.8 Å². The van der Waals surface area contributed by atoms with Gasteiger partial charge in [0.2, 0.25) is 5.89 Å². The number of hydrogen-bond acceptors (Lipinski definition) is 8. The van der Waals surface area contributed by atoms with Crippen molar-refractivity contribution in [2.75, 3.05) is 36.5 Å². The summed E-state index contributed by atoms with van der Waals surface area (Å²) in [6, 6.07) is 13.9. The van der Waals surface area contributed by atoms with E-state index in [1.807, 2.05) is 49.9 Å². The predicted molar refractivity (Wildman–Crippen MR) is 153 cm³/mol. The van der Waals surface area contributed by atoms with Gasteiger partial charge in [0.15, 0.2) is 10.7 Å². The van der Waals surface area contributed by atoms with Crippen LogP contribution in [0.2, 0.25) is 0 Å². The third-order valence-corrected chi connectivity index (χ3v) is 6.85. The van der Waals surface area contributed by atoms with Gasteiger partial charge < -0.3 is 19.4 Å². The molecule has 1 aliphatic rings. The van der Waals surface area contributed by atoms with Crippen molar-refractivity contribution in [1.29, 1.82) is 0 Å². The first kappa shape index (κ1) is 26.3. The second-order valence-corrected chi connectivity index (χ2v) is 9.80. The molecule has 0 radical (unpaired) electrons. The average molecular weight is 546 g/mol. The summed E-state index contributed by atoms with van der Waals surface area (Å²) in [5, 5.41) is 17.2. The Kier molecular flexibility index (Phi) is 7.27. The Morgan fingerprint density at radius 3 is 2.62 bits per heavy atom. The Labute approximate surface area is 230 Å². The van der Waals surface area contributed by atoms with Crippen LogP contribution in [0.5, 0.6) is 0 Å². The van der Waals surface area contributed by atoms with Crippen LogP contribution in [0.1, 0.15) is 27.0 Å². The van der Waals surface area contributed by atoms with Crippen molar-refractivity contribution in [3.8, 4) is 11.5 Å². The molecule has 1 fully saturated rings. The van der Waals surface area contributed by atoms with Gasteiger partial charge in [-0.15, -0.1) is 0 Å². The number of fused-ring (bicyclic) bond motifs is 1. The summed E-state index contributed by atoms with van der Waals surface area (Å²) < 4.78 is 11.5. The van der Waals surface area contributed by atoms with Crippen LogP contribution >= 0.6 is 12.2 Å². The van der Waals surface area contributed by atoms with Crippen LogP contribution in [-0.2, 0) is 4.74 Å². The third-order valence-electron chi connectivity index (χ3n) is 6.65. The normalized spacial score (nSPS) is 13.4. The van der Waals surface area contributed by atoms with Crippen molar-refractivity contribution >= 4 is 51.4 Å². The van der Waals surface area contributed by atoms with E-state index in [9.17, 15) is 14.9 Å². The molecule has 0 aliphatic carbocycles. The molecule has 3 aromatic carbocycles. The van der Waals surface area contributed by atoms with Gasteiger partial charge in [-0.1, -0.05) is 12.1 Å². The molecule has 2 heterocycles. The number of amides is 1. The zero-order chi connectivity index (χ0) is 27.7. The topological polar surface area (TPSA) is 123 Å². The van der Waals surface area contributed by atoms with Crippen LogP contribution in [-0.4, -0.2) is 47.2 Å². The van der Waals surface area contributed by atoms with Crippen molar-refractivity contribution in [1.82, 2.24) is 10.3 Å². The smallest absolute Gasteiger partial charge is 0.270 e. The quantitative estimate of drug-likeness (QED) is 0.196. The van der Waals surface area contributed by atoms with Crippen molar-refractivity contribution in [2.24, 2.45) is 0 Å². The number of hydrogen-bond donors (Lipinski definition) is 2. The Morgan fingerprint density at radius 1 is 1.10 bits per heavy atom. The highest BCUT2D eigenvalue weighted by atomic mass is 32.1. The highest BCUT2D eigenvalue weighted by molar-refractivity contribution is 7.80. The molecule has 5 rings (SSSR count). The first-order chi connectivity index (χ1) is 18.7. The van der Waals surface area contributed by atoms with Crippen LogP contribution in [0.15, 0.2) is 52.9 Å². The molecule has 0 atom stereocenters. The van der Waals surface area contributed by atoms with Crippen molar-refractivity contribution in [3.63, 3.8) is 0 Å². The maximum Gasteiger partial charge on any atom is 0.270 e. The summed E-state index contributed by atoms with van der Waals surface area (Å²) >= 11 is 5.45. The molecule has 4 aromatic rings. The van der Waals surface area contributed by atoms with Gasteiger partial charge in [0.05, 0.1) is 29.4 Å². The number of carbonyl (C=O) groups is 1. The van der Waals surface area contributed by atoms with Gasteiger partial charge in [0.25, 0.3) is 11.6 Å².